The molecule has 1 aliphatic heterocycles. The minimum atomic E-state index is 0.197. The molecule has 2 N–H and O–H groups in total. The molecule has 1 aromatic carbocycles. The SMILES string of the molecule is Cc1ccc(NC(=S)NCCCSCc2ccco2)cc1N1CCCC1=O. The standard InChI is InChI=1S/C20H25N3O2S2/c1-15-7-8-16(13-18(15)23-10-2-6-19(23)24)22-20(26)21-9-4-12-27-14-17-5-3-11-25-17/h3,5,7-8,11,13H,2,4,6,9-10,12,14H2,1H3,(H2,21,22,26). The van der Waals surface area contributed by atoms with E-state index >= 15 is 0 Å². The second kappa shape index (κ2) is 9.80. The first-order valence-corrected chi connectivity index (χ1v) is 10.8. The number of benzene rings is 1. The van der Waals surface area contributed by atoms with Crippen molar-refractivity contribution in [3.05, 3.63) is 47.9 Å². The molecule has 0 spiro atoms. The lowest BCUT2D eigenvalue weighted by molar-refractivity contribution is -0.117. The van der Waals surface area contributed by atoms with Crippen molar-refractivity contribution in [2.24, 2.45) is 0 Å². The Morgan fingerprint density at radius 3 is 3.00 bits per heavy atom. The Kier molecular flexibility index (Phi) is 7.18. The van der Waals surface area contributed by atoms with Gasteiger partial charge in [-0.15, -0.1) is 0 Å². The number of nitrogens with one attached hydrogen (secondary N) is 2. The summed E-state index contributed by atoms with van der Waals surface area (Å²) in [6.45, 7) is 3.64. The molecule has 1 aromatic heterocycles. The average molecular weight is 404 g/mol. The predicted molar refractivity (Wildman–Crippen MR) is 116 cm³/mol. The van der Waals surface area contributed by atoms with E-state index in [2.05, 4.69) is 10.6 Å². The molecular formula is C20H25N3O2S2. The summed E-state index contributed by atoms with van der Waals surface area (Å²) in [5, 5.41) is 7.07. The van der Waals surface area contributed by atoms with Gasteiger partial charge in [-0.25, -0.2) is 0 Å². The third-order valence-corrected chi connectivity index (χ3v) is 5.72. The second-order valence-corrected chi connectivity index (χ2v) is 8.03. The summed E-state index contributed by atoms with van der Waals surface area (Å²) >= 11 is 7.24. The smallest absolute Gasteiger partial charge is 0.227 e. The number of anilines is 2. The first-order valence-electron chi connectivity index (χ1n) is 9.19. The molecule has 7 heteroatoms. The molecule has 0 saturated carbocycles. The van der Waals surface area contributed by atoms with Crippen molar-refractivity contribution in [2.75, 3.05) is 29.1 Å². The number of carbonyl (C=O) groups is 1. The number of furan rings is 1. The molecule has 5 nitrogen and oxygen atoms in total. The van der Waals surface area contributed by atoms with Crippen molar-refractivity contribution < 1.29 is 9.21 Å². The first-order chi connectivity index (χ1) is 13.1. The number of carbonyl (C=O) groups excluding carboxylic acids is 1. The minimum Gasteiger partial charge on any atom is -0.468 e. The van der Waals surface area contributed by atoms with Gasteiger partial charge in [0.2, 0.25) is 5.91 Å². The van der Waals surface area contributed by atoms with E-state index in [-0.39, 0.29) is 5.91 Å². The summed E-state index contributed by atoms with van der Waals surface area (Å²) in [4.78, 5) is 13.9. The van der Waals surface area contributed by atoms with E-state index in [1.807, 2.05) is 53.9 Å². The molecule has 2 aromatic rings. The van der Waals surface area contributed by atoms with Crippen molar-refractivity contribution in [1.29, 1.82) is 0 Å². The van der Waals surface area contributed by atoms with Crippen LogP contribution in [0.4, 0.5) is 11.4 Å². The first kappa shape index (κ1) is 19.8. The van der Waals surface area contributed by atoms with E-state index in [9.17, 15) is 4.79 Å². The minimum absolute atomic E-state index is 0.197. The van der Waals surface area contributed by atoms with Gasteiger partial charge in [0, 0.05) is 30.9 Å². The zero-order valence-corrected chi connectivity index (χ0v) is 17.1. The van der Waals surface area contributed by atoms with Gasteiger partial charge in [-0.2, -0.15) is 11.8 Å². The summed E-state index contributed by atoms with van der Waals surface area (Å²) in [5.41, 5.74) is 2.97. The zero-order valence-electron chi connectivity index (χ0n) is 15.5. The molecule has 1 aliphatic rings. The number of thiocarbonyl (C=S) groups is 1. The average Bonchev–Trinajstić information content (AvgIpc) is 3.31. The Bertz CT molecular complexity index is 778. The summed E-state index contributed by atoms with van der Waals surface area (Å²) in [6, 6.07) is 9.93. The predicted octanol–water partition coefficient (Wildman–Crippen LogP) is 4.32. The number of hydrogen-bond acceptors (Lipinski definition) is 4. The van der Waals surface area contributed by atoms with Crippen LogP contribution >= 0.6 is 24.0 Å². The Morgan fingerprint density at radius 1 is 1.37 bits per heavy atom. The van der Waals surface area contributed by atoms with Crippen molar-refractivity contribution >= 4 is 46.4 Å². The Morgan fingerprint density at radius 2 is 2.26 bits per heavy atom. The Balaban J connectivity index is 1.40. The van der Waals surface area contributed by atoms with Crippen molar-refractivity contribution in [3.63, 3.8) is 0 Å². The van der Waals surface area contributed by atoms with E-state index in [4.69, 9.17) is 16.6 Å². The number of nitrogens with zero attached hydrogens (tertiary/aromatic N) is 1. The third kappa shape index (κ3) is 5.74. The summed E-state index contributed by atoms with van der Waals surface area (Å²) < 4.78 is 5.31. The van der Waals surface area contributed by atoms with Crippen LogP contribution in [0.2, 0.25) is 0 Å². The second-order valence-electron chi connectivity index (χ2n) is 6.52. The molecule has 0 unspecified atom stereocenters. The largest absolute Gasteiger partial charge is 0.468 e. The number of thioether (sulfide) groups is 1. The molecule has 1 fully saturated rings. The van der Waals surface area contributed by atoms with Crippen LogP contribution in [0, 0.1) is 6.92 Å². The van der Waals surface area contributed by atoms with Gasteiger partial charge in [-0.05, 0) is 67.6 Å². The van der Waals surface area contributed by atoms with Crippen LogP contribution in [-0.2, 0) is 10.5 Å². The molecule has 27 heavy (non-hydrogen) atoms. The van der Waals surface area contributed by atoms with Gasteiger partial charge in [0.15, 0.2) is 5.11 Å². The fraction of sp³-hybridized carbons (Fsp3) is 0.400. The molecule has 1 saturated heterocycles. The maximum atomic E-state index is 12.0. The molecular weight excluding hydrogens is 378 g/mol. The van der Waals surface area contributed by atoms with E-state index in [0.29, 0.717) is 11.5 Å². The van der Waals surface area contributed by atoms with Gasteiger partial charge in [0.1, 0.15) is 5.76 Å². The highest BCUT2D eigenvalue weighted by Gasteiger charge is 2.23. The molecule has 0 aliphatic carbocycles. The van der Waals surface area contributed by atoms with E-state index in [1.165, 1.54) is 0 Å². The highest BCUT2D eigenvalue weighted by Crippen LogP contribution is 2.28. The monoisotopic (exact) mass is 403 g/mol. The maximum absolute atomic E-state index is 12.0. The van der Waals surface area contributed by atoms with Crippen molar-refractivity contribution in [3.8, 4) is 0 Å². The van der Waals surface area contributed by atoms with Gasteiger partial charge in [0.05, 0.1) is 12.0 Å². The highest BCUT2D eigenvalue weighted by molar-refractivity contribution is 7.98. The Labute approximate surface area is 169 Å². The number of amides is 1. The topological polar surface area (TPSA) is 57.5 Å². The summed E-state index contributed by atoms with van der Waals surface area (Å²) in [6.07, 6.45) is 4.29. The number of hydrogen-bond donors (Lipinski definition) is 2. The fourth-order valence-electron chi connectivity index (χ4n) is 3.00. The number of aryl methyl sites for hydroxylation is 1. The van der Waals surface area contributed by atoms with E-state index < -0.39 is 0 Å². The molecule has 0 atom stereocenters. The van der Waals surface area contributed by atoms with Crippen molar-refractivity contribution in [1.82, 2.24) is 5.32 Å². The lowest BCUT2D eigenvalue weighted by Gasteiger charge is -2.20. The zero-order chi connectivity index (χ0) is 19.1. The Hall–Kier alpha value is -1.99. The highest BCUT2D eigenvalue weighted by atomic mass is 32.2. The molecule has 2 heterocycles. The summed E-state index contributed by atoms with van der Waals surface area (Å²) in [5.74, 6) is 3.15. The fourth-order valence-corrected chi connectivity index (χ4v) is 4.08. The quantitative estimate of drug-likeness (QED) is 0.506. The van der Waals surface area contributed by atoms with Crippen LogP contribution in [0.3, 0.4) is 0 Å². The molecule has 0 bridgehead atoms. The van der Waals surface area contributed by atoms with Gasteiger partial charge in [-0.1, -0.05) is 6.07 Å². The van der Waals surface area contributed by atoms with Gasteiger partial charge in [-0.3, -0.25) is 4.79 Å². The normalized spacial score (nSPS) is 13.8. The molecule has 1 amide bonds. The maximum Gasteiger partial charge on any atom is 0.227 e. The number of rotatable bonds is 8. The van der Waals surface area contributed by atoms with Crippen LogP contribution in [-0.4, -0.2) is 29.9 Å². The third-order valence-electron chi connectivity index (χ3n) is 4.41. The van der Waals surface area contributed by atoms with Crippen LogP contribution in [0.5, 0.6) is 0 Å². The lowest BCUT2D eigenvalue weighted by atomic mass is 10.1. The van der Waals surface area contributed by atoms with Crippen LogP contribution < -0.4 is 15.5 Å². The van der Waals surface area contributed by atoms with Crippen molar-refractivity contribution in [2.45, 2.75) is 31.9 Å². The van der Waals surface area contributed by atoms with Crippen LogP contribution in [0.15, 0.2) is 41.0 Å². The van der Waals surface area contributed by atoms with Gasteiger partial charge >= 0.3 is 0 Å². The van der Waals surface area contributed by atoms with E-state index in [0.717, 1.165) is 60.1 Å². The van der Waals surface area contributed by atoms with Crippen LogP contribution in [0.25, 0.3) is 0 Å². The summed E-state index contributed by atoms with van der Waals surface area (Å²) in [7, 11) is 0. The van der Waals surface area contributed by atoms with Crippen LogP contribution in [0.1, 0.15) is 30.6 Å². The molecule has 3 rings (SSSR count). The van der Waals surface area contributed by atoms with E-state index in [1.54, 1.807) is 6.26 Å². The lowest BCUT2D eigenvalue weighted by Crippen LogP contribution is -2.30. The molecule has 144 valence electrons. The van der Waals surface area contributed by atoms with Gasteiger partial charge in [0.25, 0.3) is 0 Å². The van der Waals surface area contributed by atoms with Gasteiger partial charge < -0.3 is 20.0 Å². The molecule has 0 radical (unpaired) electrons.